The summed E-state index contributed by atoms with van der Waals surface area (Å²) in [7, 11) is 0. The molecule has 2 aromatic rings. The lowest BCUT2D eigenvalue weighted by atomic mass is 10.1. The van der Waals surface area contributed by atoms with Gasteiger partial charge < -0.3 is 10.2 Å². The molecule has 27 heavy (non-hydrogen) atoms. The van der Waals surface area contributed by atoms with Crippen LogP contribution in [0, 0.1) is 11.8 Å². The van der Waals surface area contributed by atoms with Crippen molar-refractivity contribution in [3.05, 3.63) is 66.2 Å². The molecule has 0 aromatic heterocycles. The molecule has 1 N–H and O–H groups in total. The number of anilines is 1. The number of hydrogen-bond acceptors (Lipinski definition) is 2. The van der Waals surface area contributed by atoms with Crippen molar-refractivity contribution in [3.8, 4) is 0 Å². The summed E-state index contributed by atoms with van der Waals surface area (Å²) in [6.45, 7) is 0.525. The van der Waals surface area contributed by atoms with Gasteiger partial charge in [-0.3, -0.25) is 9.59 Å². The van der Waals surface area contributed by atoms with Crippen molar-refractivity contribution in [2.75, 3.05) is 4.90 Å². The number of hydrogen-bond donors (Lipinski definition) is 1. The van der Waals surface area contributed by atoms with Gasteiger partial charge in [0.05, 0.1) is 18.4 Å². The number of rotatable bonds is 6. The largest absolute Gasteiger partial charge is 0.353 e. The predicted octanol–water partition coefficient (Wildman–Crippen LogP) is 3.91. The van der Waals surface area contributed by atoms with Gasteiger partial charge in [0.15, 0.2) is 0 Å². The van der Waals surface area contributed by atoms with Gasteiger partial charge in [-0.1, -0.05) is 61.4 Å². The average molecular weight is 362 g/mol. The third-order valence-electron chi connectivity index (χ3n) is 5.66. The molecule has 0 aliphatic heterocycles. The monoisotopic (exact) mass is 362 g/mol. The second-order valence-corrected chi connectivity index (χ2v) is 7.68. The van der Waals surface area contributed by atoms with E-state index in [4.69, 9.17) is 0 Å². The van der Waals surface area contributed by atoms with E-state index >= 15 is 0 Å². The van der Waals surface area contributed by atoms with Gasteiger partial charge in [0.2, 0.25) is 11.8 Å². The van der Waals surface area contributed by atoms with Gasteiger partial charge >= 0.3 is 0 Å². The number of para-hydroxylation sites is 1. The average Bonchev–Trinajstić information content (AvgIpc) is 3.36. The molecule has 2 unspecified atom stereocenters. The minimum atomic E-state index is -0.199. The Balaban J connectivity index is 1.45. The lowest BCUT2D eigenvalue weighted by Crippen LogP contribution is -2.37. The molecule has 4 heteroatoms. The van der Waals surface area contributed by atoms with Gasteiger partial charge in [0.25, 0.3) is 0 Å². The quantitative estimate of drug-likeness (QED) is 0.847. The molecular formula is C23H26N2O2. The molecule has 140 valence electrons. The Hall–Kier alpha value is -2.62. The van der Waals surface area contributed by atoms with Crippen LogP contribution in [0.15, 0.2) is 60.7 Å². The van der Waals surface area contributed by atoms with Gasteiger partial charge in [-0.15, -0.1) is 0 Å². The maximum Gasteiger partial charge on any atom is 0.231 e. The number of benzene rings is 2. The first kappa shape index (κ1) is 17.8. The first-order chi connectivity index (χ1) is 13.2. The lowest BCUT2D eigenvalue weighted by molar-refractivity contribution is -0.126. The highest BCUT2D eigenvalue weighted by molar-refractivity contribution is 6.01. The van der Waals surface area contributed by atoms with Gasteiger partial charge in [0, 0.05) is 11.7 Å². The van der Waals surface area contributed by atoms with E-state index in [0.29, 0.717) is 19.0 Å². The Morgan fingerprint density at radius 2 is 1.52 bits per heavy atom. The van der Waals surface area contributed by atoms with Crippen molar-refractivity contribution in [2.45, 2.75) is 44.7 Å². The molecule has 2 saturated carbocycles. The maximum atomic E-state index is 13.2. The highest BCUT2D eigenvalue weighted by Crippen LogP contribution is 2.41. The van der Waals surface area contributed by atoms with E-state index in [0.717, 1.165) is 24.1 Å². The molecular weight excluding hydrogens is 336 g/mol. The second kappa shape index (κ2) is 7.95. The number of nitrogens with one attached hydrogen (secondary N) is 1. The summed E-state index contributed by atoms with van der Waals surface area (Å²) >= 11 is 0. The normalized spacial score (nSPS) is 21.6. The minimum Gasteiger partial charge on any atom is -0.353 e. The smallest absolute Gasteiger partial charge is 0.231 e. The molecule has 0 spiro atoms. The first-order valence-electron chi connectivity index (χ1n) is 9.93. The lowest BCUT2D eigenvalue weighted by Gasteiger charge is -2.23. The van der Waals surface area contributed by atoms with Crippen molar-refractivity contribution in [1.82, 2.24) is 5.32 Å². The van der Waals surface area contributed by atoms with Crippen LogP contribution in [0.2, 0.25) is 0 Å². The summed E-state index contributed by atoms with van der Waals surface area (Å²) in [5.41, 5.74) is 1.97. The van der Waals surface area contributed by atoms with Crippen LogP contribution in [0.5, 0.6) is 0 Å². The van der Waals surface area contributed by atoms with E-state index in [2.05, 4.69) is 5.32 Å². The molecule has 0 bridgehead atoms. The second-order valence-electron chi connectivity index (χ2n) is 7.68. The SMILES string of the molecule is O=C(NC1CCCC1)C1CC1C(=O)N(Cc1ccccc1)c1ccccc1. The summed E-state index contributed by atoms with van der Waals surface area (Å²) in [6, 6.07) is 20.1. The standard InChI is InChI=1S/C23H26N2O2/c26-22(24-18-11-7-8-12-18)20-15-21(20)23(27)25(19-13-5-2-6-14-19)16-17-9-3-1-4-10-17/h1-6,9-10,13-14,18,20-21H,7-8,11-12,15-16H2,(H,24,26). The number of nitrogens with zero attached hydrogens (tertiary/aromatic N) is 1. The third kappa shape index (κ3) is 4.21. The Labute approximate surface area is 160 Å². The molecule has 0 radical (unpaired) electrons. The van der Waals surface area contributed by atoms with Crippen molar-refractivity contribution in [1.29, 1.82) is 0 Å². The Bertz CT molecular complexity index is 785. The van der Waals surface area contributed by atoms with Crippen molar-refractivity contribution in [2.24, 2.45) is 11.8 Å². The molecule has 2 atom stereocenters. The molecule has 2 fully saturated rings. The Morgan fingerprint density at radius 3 is 2.19 bits per heavy atom. The van der Waals surface area contributed by atoms with Crippen molar-refractivity contribution < 1.29 is 9.59 Å². The predicted molar refractivity (Wildman–Crippen MR) is 106 cm³/mol. The van der Waals surface area contributed by atoms with Crippen LogP contribution in [0.25, 0.3) is 0 Å². The summed E-state index contributed by atoms with van der Waals surface area (Å²) in [4.78, 5) is 27.5. The van der Waals surface area contributed by atoms with Gasteiger partial charge in [-0.05, 0) is 37.0 Å². The van der Waals surface area contributed by atoms with Gasteiger partial charge in [0.1, 0.15) is 0 Å². The van der Waals surface area contributed by atoms with Gasteiger partial charge in [-0.2, -0.15) is 0 Å². The highest BCUT2D eigenvalue weighted by Gasteiger charge is 2.50. The van der Waals surface area contributed by atoms with E-state index in [1.54, 1.807) is 0 Å². The molecule has 2 aliphatic carbocycles. The molecule has 0 saturated heterocycles. The van der Waals surface area contributed by atoms with Crippen LogP contribution in [-0.2, 0) is 16.1 Å². The zero-order chi connectivity index (χ0) is 18.6. The van der Waals surface area contributed by atoms with E-state index < -0.39 is 0 Å². The van der Waals surface area contributed by atoms with E-state index in [-0.39, 0.29) is 23.7 Å². The van der Waals surface area contributed by atoms with Crippen LogP contribution in [-0.4, -0.2) is 17.9 Å². The van der Waals surface area contributed by atoms with Crippen LogP contribution < -0.4 is 10.2 Å². The number of amides is 2. The van der Waals surface area contributed by atoms with Crippen LogP contribution in [0.4, 0.5) is 5.69 Å². The summed E-state index contributed by atoms with van der Waals surface area (Å²) in [5, 5.41) is 3.14. The van der Waals surface area contributed by atoms with Crippen LogP contribution >= 0.6 is 0 Å². The zero-order valence-electron chi connectivity index (χ0n) is 15.5. The Kier molecular flexibility index (Phi) is 5.23. The first-order valence-corrected chi connectivity index (χ1v) is 9.93. The zero-order valence-corrected chi connectivity index (χ0v) is 15.5. The molecule has 2 amide bonds. The fourth-order valence-electron chi connectivity index (χ4n) is 4.01. The number of carbonyl (C=O) groups is 2. The molecule has 0 heterocycles. The topological polar surface area (TPSA) is 49.4 Å². The van der Waals surface area contributed by atoms with Crippen molar-refractivity contribution in [3.63, 3.8) is 0 Å². The van der Waals surface area contributed by atoms with Crippen LogP contribution in [0.1, 0.15) is 37.7 Å². The van der Waals surface area contributed by atoms with Crippen molar-refractivity contribution >= 4 is 17.5 Å². The fraction of sp³-hybridized carbons (Fsp3) is 0.391. The van der Waals surface area contributed by atoms with E-state index in [1.165, 1.54) is 12.8 Å². The third-order valence-corrected chi connectivity index (χ3v) is 5.66. The fourth-order valence-corrected chi connectivity index (χ4v) is 4.01. The van der Waals surface area contributed by atoms with Crippen LogP contribution in [0.3, 0.4) is 0 Å². The molecule has 4 rings (SSSR count). The molecule has 2 aliphatic rings. The molecule has 4 nitrogen and oxygen atoms in total. The summed E-state index contributed by atoms with van der Waals surface area (Å²) in [6.07, 6.45) is 5.19. The number of carbonyl (C=O) groups excluding carboxylic acids is 2. The summed E-state index contributed by atoms with van der Waals surface area (Å²) in [5.74, 6) is -0.250. The van der Waals surface area contributed by atoms with E-state index in [9.17, 15) is 9.59 Å². The van der Waals surface area contributed by atoms with E-state index in [1.807, 2.05) is 65.6 Å². The Morgan fingerprint density at radius 1 is 0.889 bits per heavy atom. The molecule has 2 aromatic carbocycles. The highest BCUT2D eigenvalue weighted by atomic mass is 16.2. The summed E-state index contributed by atoms with van der Waals surface area (Å²) < 4.78 is 0. The maximum absolute atomic E-state index is 13.2. The minimum absolute atomic E-state index is 0.0524. The van der Waals surface area contributed by atoms with Gasteiger partial charge in [-0.25, -0.2) is 0 Å².